The molecule has 1 aliphatic heterocycles. The molecule has 0 atom stereocenters. The monoisotopic (exact) mass is 359 g/mol. The van der Waals surface area contributed by atoms with Gasteiger partial charge in [0.1, 0.15) is 0 Å². The van der Waals surface area contributed by atoms with Crippen molar-refractivity contribution >= 4 is 10.0 Å². The minimum absolute atomic E-state index is 0.0278. The Morgan fingerprint density at radius 1 is 1.00 bits per heavy atom. The van der Waals surface area contributed by atoms with Gasteiger partial charge in [-0.2, -0.15) is 13.2 Å². The van der Waals surface area contributed by atoms with Crippen LogP contribution in [0.1, 0.15) is 11.1 Å². The van der Waals surface area contributed by atoms with Gasteiger partial charge in [-0.1, -0.05) is 6.07 Å². The number of fused-ring (bicyclic) bond motifs is 1. The van der Waals surface area contributed by atoms with Crippen LogP contribution in [-0.4, -0.2) is 15.2 Å². The lowest BCUT2D eigenvalue weighted by Crippen LogP contribution is -2.23. The first-order valence-corrected chi connectivity index (χ1v) is 8.29. The number of hydrogen-bond acceptors (Lipinski definition) is 4. The molecule has 0 saturated carbocycles. The average molecular weight is 359 g/mol. The molecule has 1 heterocycles. The summed E-state index contributed by atoms with van der Waals surface area (Å²) < 4.78 is 74.5. The topological polar surface area (TPSA) is 64.6 Å². The fourth-order valence-corrected chi connectivity index (χ4v) is 3.15. The largest absolute Gasteiger partial charge is 0.454 e. The fraction of sp³-hybridized carbons (Fsp3) is 0.200. The van der Waals surface area contributed by atoms with E-state index < -0.39 is 21.8 Å². The maximum absolute atomic E-state index is 12.5. The molecule has 0 spiro atoms. The lowest BCUT2D eigenvalue weighted by Gasteiger charge is -2.10. The lowest BCUT2D eigenvalue weighted by atomic mass is 10.2. The minimum atomic E-state index is -4.51. The Morgan fingerprint density at radius 3 is 2.33 bits per heavy atom. The summed E-state index contributed by atoms with van der Waals surface area (Å²) in [7, 11) is -3.92. The molecule has 2 aromatic rings. The van der Waals surface area contributed by atoms with Gasteiger partial charge in [0.2, 0.25) is 16.8 Å². The standard InChI is InChI=1S/C15H12F3NO4S/c16-15(17,18)11-2-4-12(5-3-11)24(20,21)19-8-10-1-6-13-14(7-10)23-9-22-13/h1-7,19H,8-9H2. The van der Waals surface area contributed by atoms with E-state index in [1.807, 2.05) is 0 Å². The van der Waals surface area contributed by atoms with Gasteiger partial charge in [0.15, 0.2) is 11.5 Å². The molecule has 0 aliphatic carbocycles. The van der Waals surface area contributed by atoms with Crippen LogP contribution in [0.4, 0.5) is 13.2 Å². The molecule has 1 aliphatic rings. The van der Waals surface area contributed by atoms with Crippen molar-refractivity contribution in [2.45, 2.75) is 17.6 Å². The van der Waals surface area contributed by atoms with E-state index in [9.17, 15) is 21.6 Å². The number of sulfonamides is 1. The highest BCUT2D eigenvalue weighted by molar-refractivity contribution is 7.89. The molecule has 5 nitrogen and oxygen atoms in total. The molecule has 0 amide bonds. The molecule has 24 heavy (non-hydrogen) atoms. The van der Waals surface area contributed by atoms with E-state index in [1.165, 1.54) is 0 Å². The molecule has 0 fully saturated rings. The van der Waals surface area contributed by atoms with Gasteiger partial charge in [0, 0.05) is 6.54 Å². The summed E-state index contributed by atoms with van der Waals surface area (Å²) in [4.78, 5) is -0.240. The quantitative estimate of drug-likeness (QED) is 0.912. The SMILES string of the molecule is O=S(=O)(NCc1ccc2c(c1)OCO2)c1ccc(C(F)(F)F)cc1. The number of nitrogens with one attached hydrogen (secondary N) is 1. The molecule has 3 rings (SSSR count). The molecular formula is C15H12F3NO4S. The fourth-order valence-electron chi connectivity index (χ4n) is 2.14. The Balaban J connectivity index is 1.72. The molecule has 2 aromatic carbocycles. The highest BCUT2D eigenvalue weighted by Gasteiger charge is 2.30. The zero-order valence-corrected chi connectivity index (χ0v) is 12.9. The van der Waals surface area contributed by atoms with Crippen LogP contribution in [0, 0.1) is 0 Å². The second-order valence-electron chi connectivity index (χ2n) is 5.03. The van der Waals surface area contributed by atoms with Crippen molar-refractivity contribution in [3.63, 3.8) is 0 Å². The van der Waals surface area contributed by atoms with Crippen LogP contribution in [0.2, 0.25) is 0 Å². The highest BCUT2D eigenvalue weighted by atomic mass is 32.2. The maximum atomic E-state index is 12.5. The van der Waals surface area contributed by atoms with Gasteiger partial charge in [-0.05, 0) is 42.0 Å². The van der Waals surface area contributed by atoms with E-state index >= 15 is 0 Å². The van der Waals surface area contributed by atoms with E-state index in [4.69, 9.17) is 9.47 Å². The summed E-state index contributed by atoms with van der Waals surface area (Å²) in [5.41, 5.74) is -0.271. The van der Waals surface area contributed by atoms with Crippen LogP contribution in [0.3, 0.4) is 0 Å². The summed E-state index contributed by atoms with van der Waals surface area (Å²) in [6.45, 7) is 0.0794. The summed E-state index contributed by atoms with van der Waals surface area (Å²) in [6, 6.07) is 8.27. The Morgan fingerprint density at radius 2 is 1.67 bits per heavy atom. The van der Waals surface area contributed by atoms with Gasteiger partial charge in [-0.25, -0.2) is 13.1 Å². The van der Waals surface area contributed by atoms with Crippen molar-refractivity contribution in [3.05, 3.63) is 53.6 Å². The Hall–Kier alpha value is -2.26. The molecule has 0 radical (unpaired) electrons. The van der Waals surface area contributed by atoms with Crippen molar-refractivity contribution in [2.24, 2.45) is 0 Å². The Kier molecular flexibility index (Phi) is 4.14. The maximum Gasteiger partial charge on any atom is 0.416 e. The number of halogens is 3. The Labute approximate surface area is 136 Å². The zero-order valence-electron chi connectivity index (χ0n) is 12.1. The van der Waals surface area contributed by atoms with Crippen LogP contribution >= 0.6 is 0 Å². The third-order valence-corrected chi connectivity index (χ3v) is 4.81. The van der Waals surface area contributed by atoms with E-state index in [0.717, 1.165) is 24.3 Å². The zero-order chi connectivity index (χ0) is 17.4. The van der Waals surface area contributed by atoms with Crippen LogP contribution in [0.5, 0.6) is 11.5 Å². The van der Waals surface area contributed by atoms with Gasteiger partial charge in [-0.3, -0.25) is 0 Å². The number of ether oxygens (including phenoxy) is 2. The van der Waals surface area contributed by atoms with Crippen molar-refractivity contribution in [3.8, 4) is 11.5 Å². The molecular weight excluding hydrogens is 347 g/mol. The van der Waals surface area contributed by atoms with Gasteiger partial charge in [0.05, 0.1) is 10.5 Å². The van der Waals surface area contributed by atoms with Crippen molar-refractivity contribution in [2.75, 3.05) is 6.79 Å². The van der Waals surface area contributed by atoms with Crippen LogP contribution in [0.15, 0.2) is 47.4 Å². The molecule has 0 bridgehead atoms. The first-order chi connectivity index (χ1) is 11.3. The summed E-state index contributed by atoms with van der Waals surface area (Å²) >= 11 is 0. The van der Waals surface area contributed by atoms with E-state index in [2.05, 4.69) is 4.72 Å². The van der Waals surface area contributed by atoms with Gasteiger partial charge < -0.3 is 9.47 Å². The summed E-state index contributed by atoms with van der Waals surface area (Å²) in [5.74, 6) is 1.09. The van der Waals surface area contributed by atoms with Crippen molar-refractivity contribution < 1.29 is 31.1 Å². The molecule has 0 aromatic heterocycles. The smallest absolute Gasteiger partial charge is 0.416 e. The minimum Gasteiger partial charge on any atom is -0.454 e. The van der Waals surface area contributed by atoms with Gasteiger partial charge in [0.25, 0.3) is 0 Å². The highest BCUT2D eigenvalue weighted by Crippen LogP contribution is 2.32. The van der Waals surface area contributed by atoms with E-state index in [-0.39, 0.29) is 18.2 Å². The summed E-state index contributed by atoms with van der Waals surface area (Å²) in [5, 5.41) is 0. The average Bonchev–Trinajstić information content (AvgIpc) is 3.00. The van der Waals surface area contributed by atoms with Crippen molar-refractivity contribution in [1.82, 2.24) is 4.72 Å². The van der Waals surface area contributed by atoms with Crippen molar-refractivity contribution in [1.29, 1.82) is 0 Å². The molecule has 128 valence electrons. The number of benzene rings is 2. The van der Waals surface area contributed by atoms with Crippen LogP contribution in [-0.2, 0) is 22.7 Å². The van der Waals surface area contributed by atoms with E-state index in [1.54, 1.807) is 18.2 Å². The van der Waals surface area contributed by atoms with Gasteiger partial charge >= 0.3 is 6.18 Å². The third-order valence-electron chi connectivity index (χ3n) is 3.40. The number of hydrogen-bond donors (Lipinski definition) is 1. The van der Waals surface area contributed by atoms with E-state index in [0.29, 0.717) is 17.1 Å². The lowest BCUT2D eigenvalue weighted by molar-refractivity contribution is -0.137. The first kappa shape index (κ1) is 16.6. The predicted molar refractivity (Wildman–Crippen MR) is 78.0 cm³/mol. The second kappa shape index (κ2) is 5.99. The second-order valence-corrected chi connectivity index (χ2v) is 6.80. The summed E-state index contributed by atoms with van der Waals surface area (Å²) in [6.07, 6.45) is -4.51. The van der Waals surface area contributed by atoms with Gasteiger partial charge in [-0.15, -0.1) is 0 Å². The van der Waals surface area contributed by atoms with Crippen LogP contribution < -0.4 is 14.2 Å². The molecule has 0 saturated heterocycles. The third kappa shape index (κ3) is 3.46. The first-order valence-electron chi connectivity index (χ1n) is 6.81. The van der Waals surface area contributed by atoms with Crippen LogP contribution in [0.25, 0.3) is 0 Å². The predicted octanol–water partition coefficient (Wildman–Crippen LogP) is 2.91. The molecule has 9 heteroatoms. The number of alkyl halides is 3. The molecule has 0 unspecified atom stereocenters. The normalized spacial score (nSPS) is 14.0. The number of rotatable bonds is 4. The Bertz CT molecular complexity index is 848. The molecule has 1 N–H and O–H groups in total.